The summed E-state index contributed by atoms with van der Waals surface area (Å²) in [7, 11) is 0. The van der Waals surface area contributed by atoms with Gasteiger partial charge in [0.05, 0.1) is 18.6 Å². The Bertz CT molecular complexity index is 773. The van der Waals surface area contributed by atoms with Crippen molar-refractivity contribution in [2.24, 2.45) is 0 Å². The summed E-state index contributed by atoms with van der Waals surface area (Å²) in [6, 6.07) is 0. The number of ether oxygens (including phenoxy) is 1. The highest BCUT2D eigenvalue weighted by molar-refractivity contribution is 6.35. The first-order valence-electron chi connectivity index (χ1n) is 6.31. The van der Waals surface area contributed by atoms with Crippen molar-refractivity contribution in [1.29, 1.82) is 0 Å². The zero-order valence-electron chi connectivity index (χ0n) is 11.1. The van der Waals surface area contributed by atoms with Gasteiger partial charge in [-0.25, -0.2) is 9.83 Å². The second-order valence-corrected chi connectivity index (χ2v) is 5.19. The van der Waals surface area contributed by atoms with Gasteiger partial charge in [0, 0.05) is 6.20 Å². The molecular formula is C12H12ClN5O4. The molecule has 0 amide bonds. The van der Waals surface area contributed by atoms with E-state index in [0.717, 1.165) is 0 Å². The minimum atomic E-state index is -1.30. The van der Waals surface area contributed by atoms with Crippen LogP contribution < -0.4 is 5.73 Å². The van der Waals surface area contributed by atoms with Crippen molar-refractivity contribution in [2.45, 2.75) is 24.5 Å². The highest BCUT2D eigenvalue weighted by Gasteiger charge is 2.44. The summed E-state index contributed by atoms with van der Waals surface area (Å²) in [6.07, 6.45) is -3.16. The van der Waals surface area contributed by atoms with E-state index in [4.69, 9.17) is 33.8 Å². The van der Waals surface area contributed by atoms with E-state index in [9.17, 15) is 10.2 Å². The average molecular weight is 326 g/mol. The fraction of sp³-hybridized carbons (Fsp3) is 0.417. The molecule has 4 atom stereocenters. The first kappa shape index (κ1) is 15.0. The lowest BCUT2D eigenvalue weighted by molar-refractivity contribution is -0.0508. The molecule has 3 rings (SSSR count). The molecular weight excluding hydrogens is 314 g/mol. The van der Waals surface area contributed by atoms with Crippen molar-refractivity contribution in [1.82, 2.24) is 14.5 Å². The van der Waals surface area contributed by atoms with Crippen LogP contribution in [0.1, 0.15) is 6.23 Å². The van der Waals surface area contributed by atoms with E-state index in [0.29, 0.717) is 0 Å². The number of aromatic nitrogens is 3. The van der Waals surface area contributed by atoms with Crippen LogP contribution in [0.4, 0.5) is 11.6 Å². The van der Waals surface area contributed by atoms with Gasteiger partial charge in [-0.3, -0.25) is 0 Å². The average Bonchev–Trinajstić information content (AvgIpc) is 2.98. The maximum absolute atomic E-state index is 10.1. The van der Waals surface area contributed by atoms with Gasteiger partial charge < -0.3 is 30.4 Å². The molecule has 22 heavy (non-hydrogen) atoms. The number of anilines is 1. The van der Waals surface area contributed by atoms with Gasteiger partial charge in [-0.05, 0) is 0 Å². The first-order valence-corrected chi connectivity index (χ1v) is 6.69. The molecule has 0 unspecified atom stereocenters. The third kappa shape index (κ3) is 2.09. The topological polar surface area (TPSA) is 131 Å². The molecule has 1 fully saturated rings. The zero-order chi connectivity index (χ0) is 16.0. The minimum absolute atomic E-state index is 0.0130. The van der Waals surface area contributed by atoms with Crippen LogP contribution in [-0.4, -0.2) is 54.8 Å². The van der Waals surface area contributed by atoms with E-state index in [1.165, 1.54) is 10.8 Å². The molecule has 1 saturated heterocycles. The number of hydrogen-bond acceptors (Lipinski definition) is 7. The van der Waals surface area contributed by atoms with Gasteiger partial charge in [0.1, 0.15) is 29.1 Å². The van der Waals surface area contributed by atoms with Crippen LogP contribution in [-0.2, 0) is 4.74 Å². The number of nitrogens with two attached hydrogens (primary N) is 1. The summed E-state index contributed by atoms with van der Waals surface area (Å²) >= 11 is 6.01. The number of nitrogen functional groups attached to an aromatic ring is 1. The second kappa shape index (κ2) is 5.35. The van der Waals surface area contributed by atoms with Crippen LogP contribution in [0.2, 0.25) is 5.15 Å². The lowest BCUT2D eigenvalue weighted by Crippen LogP contribution is -2.33. The SMILES string of the molecule is [C-]#[N+]c1cn([C@@H]2O[C@H](CO)[C@@H](O)[C@H]2O)c2nc(N)nc(Cl)c12. The van der Waals surface area contributed by atoms with Gasteiger partial charge in [0.25, 0.3) is 0 Å². The third-order valence-electron chi connectivity index (χ3n) is 3.54. The quantitative estimate of drug-likeness (QED) is 0.445. The molecule has 0 radical (unpaired) electrons. The Labute approximate surface area is 129 Å². The molecule has 116 valence electrons. The van der Waals surface area contributed by atoms with E-state index in [2.05, 4.69) is 14.8 Å². The van der Waals surface area contributed by atoms with Crippen LogP contribution in [0.3, 0.4) is 0 Å². The van der Waals surface area contributed by atoms with Crippen molar-refractivity contribution in [3.05, 3.63) is 22.8 Å². The van der Waals surface area contributed by atoms with Gasteiger partial charge in [0.2, 0.25) is 11.6 Å². The van der Waals surface area contributed by atoms with E-state index in [-0.39, 0.29) is 27.8 Å². The molecule has 9 nitrogen and oxygen atoms in total. The van der Waals surface area contributed by atoms with Gasteiger partial charge in [-0.2, -0.15) is 4.98 Å². The molecule has 1 aliphatic heterocycles. The number of nitrogens with zero attached hydrogens (tertiary/aromatic N) is 4. The Morgan fingerprint density at radius 1 is 1.41 bits per heavy atom. The highest BCUT2D eigenvalue weighted by Crippen LogP contribution is 2.38. The largest absolute Gasteiger partial charge is 0.394 e. The van der Waals surface area contributed by atoms with Gasteiger partial charge >= 0.3 is 0 Å². The van der Waals surface area contributed by atoms with Gasteiger partial charge in [0.15, 0.2) is 6.23 Å². The number of fused-ring (bicyclic) bond motifs is 1. The molecule has 0 spiro atoms. The summed E-state index contributed by atoms with van der Waals surface area (Å²) in [4.78, 5) is 11.2. The molecule has 0 saturated carbocycles. The molecule has 5 N–H and O–H groups in total. The van der Waals surface area contributed by atoms with E-state index >= 15 is 0 Å². The molecule has 0 aromatic carbocycles. The normalized spacial score (nSPS) is 28.1. The van der Waals surface area contributed by atoms with Gasteiger partial charge in [-0.1, -0.05) is 11.6 Å². The number of halogens is 1. The van der Waals surface area contributed by atoms with Crippen molar-refractivity contribution in [3.63, 3.8) is 0 Å². The molecule has 0 bridgehead atoms. The van der Waals surface area contributed by atoms with Crippen molar-refractivity contribution in [3.8, 4) is 0 Å². The molecule has 2 aromatic heterocycles. The lowest BCUT2D eigenvalue weighted by Gasteiger charge is -2.17. The van der Waals surface area contributed by atoms with Crippen molar-refractivity contribution in [2.75, 3.05) is 12.3 Å². The van der Waals surface area contributed by atoms with Crippen molar-refractivity contribution >= 4 is 34.3 Å². The van der Waals surface area contributed by atoms with E-state index in [1.807, 2.05) is 0 Å². The summed E-state index contributed by atoms with van der Waals surface area (Å²) < 4.78 is 6.79. The summed E-state index contributed by atoms with van der Waals surface area (Å²) in [5.74, 6) is -0.0971. The van der Waals surface area contributed by atoms with Gasteiger partial charge in [-0.15, -0.1) is 0 Å². The molecule has 1 aliphatic rings. The van der Waals surface area contributed by atoms with Crippen LogP contribution >= 0.6 is 11.6 Å². The summed E-state index contributed by atoms with van der Waals surface area (Å²) in [6.45, 7) is 6.74. The number of aliphatic hydroxyl groups excluding tert-OH is 3. The minimum Gasteiger partial charge on any atom is -0.394 e. The zero-order valence-corrected chi connectivity index (χ0v) is 11.8. The van der Waals surface area contributed by atoms with E-state index in [1.54, 1.807) is 0 Å². The highest BCUT2D eigenvalue weighted by atomic mass is 35.5. The van der Waals surface area contributed by atoms with Crippen LogP contribution in [0.5, 0.6) is 0 Å². The first-order chi connectivity index (χ1) is 10.5. The number of rotatable bonds is 2. The Kier molecular flexibility index (Phi) is 3.64. The predicted molar refractivity (Wildman–Crippen MR) is 76.2 cm³/mol. The fourth-order valence-electron chi connectivity index (χ4n) is 2.49. The standard InChI is InChI=1S/C12H12ClN5O4/c1-15-4-2-18(10-6(4)9(13)16-12(14)17-10)11-8(21)7(20)5(3-19)22-11/h2,5,7-8,11,19-21H,3H2,(H2,14,16,17)/t5-,7-,8-,11-/m1/s1. The second-order valence-electron chi connectivity index (χ2n) is 4.83. The Balaban J connectivity index is 2.18. The lowest BCUT2D eigenvalue weighted by atomic mass is 10.1. The Hall–Kier alpha value is -1.96. The Morgan fingerprint density at radius 3 is 2.73 bits per heavy atom. The Morgan fingerprint density at radius 2 is 2.14 bits per heavy atom. The fourth-order valence-corrected chi connectivity index (χ4v) is 2.76. The van der Waals surface area contributed by atoms with Crippen LogP contribution in [0, 0.1) is 6.57 Å². The maximum atomic E-state index is 10.1. The van der Waals surface area contributed by atoms with Crippen LogP contribution in [0.25, 0.3) is 15.9 Å². The van der Waals surface area contributed by atoms with Crippen LogP contribution in [0.15, 0.2) is 6.20 Å². The molecule has 2 aromatic rings. The third-order valence-corrected chi connectivity index (χ3v) is 3.81. The molecule has 0 aliphatic carbocycles. The number of hydrogen-bond donors (Lipinski definition) is 4. The number of aliphatic hydroxyl groups is 3. The maximum Gasteiger partial charge on any atom is 0.223 e. The summed E-state index contributed by atoms with van der Waals surface area (Å²) in [5, 5.41) is 29.4. The molecule has 3 heterocycles. The molecule has 10 heteroatoms. The van der Waals surface area contributed by atoms with Crippen molar-refractivity contribution < 1.29 is 20.1 Å². The van der Waals surface area contributed by atoms with E-state index < -0.39 is 31.1 Å². The predicted octanol–water partition coefficient (Wildman–Crippen LogP) is -0.171. The smallest absolute Gasteiger partial charge is 0.223 e. The monoisotopic (exact) mass is 325 g/mol. The summed E-state index contributed by atoms with van der Waals surface area (Å²) in [5.41, 5.74) is 5.94.